The molecule has 3 N–H and O–H groups in total. The van der Waals surface area contributed by atoms with Crippen molar-refractivity contribution < 1.29 is 8.42 Å². The molecule has 0 aromatic heterocycles. The van der Waals surface area contributed by atoms with E-state index < -0.39 is 15.1 Å². The summed E-state index contributed by atoms with van der Waals surface area (Å²) >= 11 is 5.83. The fraction of sp³-hybridized carbons (Fsp3) is 0.500. The number of hydrazine groups is 1. The Balaban J connectivity index is 2.30. The monoisotopic (exact) mass is 288 g/mol. The Bertz CT molecular complexity index is 501. The largest absolute Gasteiger partial charge is 0.271 e. The Hall–Kier alpha value is -0.620. The Labute approximate surface area is 112 Å². The first kappa shape index (κ1) is 13.8. The number of nitrogens with one attached hydrogen (secondary N) is 1. The zero-order valence-corrected chi connectivity index (χ0v) is 11.5. The number of halogens is 1. The number of nitrogens with two attached hydrogens (primary N) is 1. The minimum absolute atomic E-state index is 0.253. The normalized spacial score (nSPS) is 24.7. The zero-order valence-electron chi connectivity index (χ0n) is 9.97. The van der Waals surface area contributed by atoms with E-state index in [9.17, 15) is 8.42 Å². The summed E-state index contributed by atoms with van der Waals surface area (Å²) < 4.78 is 24.2. The van der Waals surface area contributed by atoms with Gasteiger partial charge in [-0.3, -0.25) is 11.3 Å². The van der Waals surface area contributed by atoms with Gasteiger partial charge in [0, 0.05) is 5.02 Å². The predicted molar refractivity (Wildman–Crippen MR) is 72.9 cm³/mol. The van der Waals surface area contributed by atoms with Gasteiger partial charge in [-0.15, -0.1) is 0 Å². The van der Waals surface area contributed by atoms with Crippen LogP contribution in [0.5, 0.6) is 0 Å². The first-order valence-electron chi connectivity index (χ1n) is 5.98. The van der Waals surface area contributed by atoms with Gasteiger partial charge in [0.15, 0.2) is 9.84 Å². The molecule has 1 heterocycles. The first-order chi connectivity index (χ1) is 8.54. The SMILES string of the molecule is NNC(c1ccc(Cl)cc1)C1CCCCS1(=O)=O. The average molecular weight is 289 g/mol. The van der Waals surface area contributed by atoms with Crippen LogP contribution in [0.25, 0.3) is 0 Å². The van der Waals surface area contributed by atoms with Gasteiger partial charge >= 0.3 is 0 Å². The molecule has 6 heteroatoms. The molecule has 1 aromatic carbocycles. The molecule has 2 atom stereocenters. The minimum atomic E-state index is -3.07. The molecule has 0 bridgehead atoms. The molecule has 1 fully saturated rings. The molecule has 2 unspecified atom stereocenters. The molecule has 0 saturated carbocycles. The molecule has 18 heavy (non-hydrogen) atoms. The van der Waals surface area contributed by atoms with Crippen molar-refractivity contribution in [2.75, 3.05) is 5.75 Å². The number of rotatable bonds is 3. The highest BCUT2D eigenvalue weighted by Crippen LogP contribution is 2.30. The van der Waals surface area contributed by atoms with E-state index in [2.05, 4.69) is 5.43 Å². The van der Waals surface area contributed by atoms with Crippen molar-refractivity contribution >= 4 is 21.4 Å². The third-order valence-corrected chi connectivity index (χ3v) is 5.95. The molecular formula is C12H17ClN2O2S. The fourth-order valence-corrected chi connectivity index (χ4v) is 4.65. The molecule has 100 valence electrons. The average Bonchev–Trinajstić information content (AvgIpc) is 2.34. The van der Waals surface area contributed by atoms with E-state index >= 15 is 0 Å². The molecule has 0 spiro atoms. The Morgan fingerprint density at radius 3 is 2.50 bits per heavy atom. The van der Waals surface area contributed by atoms with Gasteiger partial charge in [-0.2, -0.15) is 0 Å². The highest BCUT2D eigenvalue weighted by atomic mass is 35.5. The maximum Gasteiger partial charge on any atom is 0.155 e. The molecule has 0 radical (unpaired) electrons. The van der Waals surface area contributed by atoms with Crippen molar-refractivity contribution in [3.63, 3.8) is 0 Å². The van der Waals surface area contributed by atoms with Gasteiger partial charge in [-0.1, -0.05) is 30.2 Å². The highest BCUT2D eigenvalue weighted by molar-refractivity contribution is 7.92. The summed E-state index contributed by atoms with van der Waals surface area (Å²) in [6.07, 6.45) is 2.33. The van der Waals surface area contributed by atoms with Crippen LogP contribution in [0.4, 0.5) is 0 Å². The number of hydrogen-bond acceptors (Lipinski definition) is 4. The minimum Gasteiger partial charge on any atom is -0.271 e. The van der Waals surface area contributed by atoms with Crippen LogP contribution in [0.3, 0.4) is 0 Å². The summed E-state index contributed by atoms with van der Waals surface area (Å²) in [5, 5.41) is 0.179. The van der Waals surface area contributed by atoms with Crippen molar-refractivity contribution in [2.24, 2.45) is 5.84 Å². The second-order valence-electron chi connectivity index (χ2n) is 4.60. The van der Waals surface area contributed by atoms with Gasteiger partial charge < -0.3 is 0 Å². The summed E-state index contributed by atoms with van der Waals surface area (Å²) in [7, 11) is -3.07. The molecule has 1 aliphatic heterocycles. The molecule has 0 amide bonds. The van der Waals surface area contributed by atoms with Crippen molar-refractivity contribution in [1.82, 2.24) is 5.43 Å². The molecular weight excluding hydrogens is 272 g/mol. The number of hydrogen-bond donors (Lipinski definition) is 2. The van der Waals surface area contributed by atoms with Crippen LogP contribution in [0.2, 0.25) is 5.02 Å². The van der Waals surface area contributed by atoms with Crippen LogP contribution in [0.1, 0.15) is 30.9 Å². The van der Waals surface area contributed by atoms with Gasteiger partial charge in [0.25, 0.3) is 0 Å². The lowest BCUT2D eigenvalue weighted by Gasteiger charge is -2.29. The van der Waals surface area contributed by atoms with E-state index in [-0.39, 0.29) is 11.8 Å². The van der Waals surface area contributed by atoms with Crippen molar-refractivity contribution in [1.29, 1.82) is 0 Å². The van der Waals surface area contributed by atoms with Crippen LogP contribution >= 0.6 is 11.6 Å². The summed E-state index contributed by atoms with van der Waals surface area (Å²) in [6.45, 7) is 0. The topological polar surface area (TPSA) is 72.2 Å². The van der Waals surface area contributed by atoms with E-state index in [0.717, 1.165) is 18.4 Å². The van der Waals surface area contributed by atoms with Crippen LogP contribution in [0, 0.1) is 0 Å². The second-order valence-corrected chi connectivity index (χ2v) is 7.37. The lowest BCUT2D eigenvalue weighted by molar-refractivity contribution is 0.454. The van der Waals surface area contributed by atoms with E-state index in [0.29, 0.717) is 11.4 Å². The third-order valence-electron chi connectivity index (χ3n) is 3.41. The Kier molecular flexibility index (Phi) is 4.27. The third kappa shape index (κ3) is 2.85. The molecule has 1 saturated heterocycles. The predicted octanol–water partition coefficient (Wildman–Crippen LogP) is 1.81. The molecule has 0 aliphatic carbocycles. The fourth-order valence-electron chi connectivity index (χ4n) is 2.44. The second kappa shape index (κ2) is 5.57. The maximum absolute atomic E-state index is 12.1. The van der Waals surface area contributed by atoms with Crippen molar-refractivity contribution in [3.8, 4) is 0 Å². The van der Waals surface area contributed by atoms with E-state index in [4.69, 9.17) is 17.4 Å². The Morgan fingerprint density at radius 2 is 1.94 bits per heavy atom. The van der Waals surface area contributed by atoms with Gasteiger partial charge in [-0.25, -0.2) is 8.42 Å². The van der Waals surface area contributed by atoms with Gasteiger partial charge in [0.2, 0.25) is 0 Å². The zero-order chi connectivity index (χ0) is 13.2. The molecule has 1 aromatic rings. The standard InChI is InChI=1S/C12H17ClN2O2S/c13-10-6-4-9(5-7-10)12(15-14)11-3-1-2-8-18(11,16)17/h4-7,11-12,15H,1-3,8,14H2. The van der Waals surface area contributed by atoms with E-state index in [1.54, 1.807) is 12.1 Å². The molecule has 2 rings (SSSR count). The molecule has 4 nitrogen and oxygen atoms in total. The summed E-state index contributed by atoms with van der Waals surface area (Å²) in [4.78, 5) is 0. The van der Waals surface area contributed by atoms with Crippen LogP contribution in [0.15, 0.2) is 24.3 Å². The quantitative estimate of drug-likeness (QED) is 0.657. The summed E-state index contributed by atoms with van der Waals surface area (Å²) in [5.41, 5.74) is 3.50. The van der Waals surface area contributed by atoms with Gasteiger partial charge in [0.05, 0.1) is 17.0 Å². The number of sulfone groups is 1. The first-order valence-corrected chi connectivity index (χ1v) is 8.07. The highest BCUT2D eigenvalue weighted by Gasteiger charge is 2.35. The van der Waals surface area contributed by atoms with Gasteiger partial charge in [0.1, 0.15) is 0 Å². The van der Waals surface area contributed by atoms with Crippen molar-refractivity contribution in [3.05, 3.63) is 34.9 Å². The van der Waals surface area contributed by atoms with Crippen molar-refractivity contribution in [2.45, 2.75) is 30.6 Å². The lowest BCUT2D eigenvalue weighted by Crippen LogP contribution is -2.43. The van der Waals surface area contributed by atoms with Crippen LogP contribution in [-0.4, -0.2) is 19.4 Å². The number of benzene rings is 1. The summed E-state index contributed by atoms with van der Waals surface area (Å²) in [6, 6.07) is 6.76. The maximum atomic E-state index is 12.1. The van der Waals surface area contributed by atoms with Crippen LogP contribution < -0.4 is 11.3 Å². The Morgan fingerprint density at radius 1 is 1.28 bits per heavy atom. The van der Waals surface area contributed by atoms with E-state index in [1.165, 1.54) is 0 Å². The molecule has 1 aliphatic rings. The summed E-state index contributed by atoms with van der Waals surface area (Å²) in [5.74, 6) is 5.80. The smallest absolute Gasteiger partial charge is 0.155 e. The van der Waals surface area contributed by atoms with Gasteiger partial charge in [-0.05, 0) is 30.5 Å². The van der Waals surface area contributed by atoms with Crippen LogP contribution in [-0.2, 0) is 9.84 Å². The lowest BCUT2D eigenvalue weighted by atomic mass is 10.00. The van der Waals surface area contributed by atoms with E-state index in [1.807, 2.05) is 12.1 Å².